The standard InChI is InChI=1S/C28H34FN3O4/c1-4-30-26(34)20(14-15-28(2,3)29)17-24(33)25(16-19-10-6-5-7-11-19)36-27(35)23-18-31-21-12-8-9-13-22(21)32-23/h5-13,18,20,24-25,33H,4,14-17H2,1-3H3,(H,30,34)/t20-,24+,25+/m1/s1. The summed E-state index contributed by atoms with van der Waals surface area (Å²) in [6.45, 7) is 5.15. The fourth-order valence-electron chi connectivity index (χ4n) is 3.99. The molecule has 3 aromatic rings. The van der Waals surface area contributed by atoms with E-state index < -0.39 is 29.8 Å². The molecule has 192 valence electrons. The van der Waals surface area contributed by atoms with Crippen LogP contribution in [0.5, 0.6) is 0 Å². The Balaban J connectivity index is 1.80. The molecule has 0 spiro atoms. The molecule has 3 rings (SSSR count). The Kier molecular flexibility index (Phi) is 9.47. The third-order valence-electron chi connectivity index (χ3n) is 5.96. The number of hydrogen-bond donors (Lipinski definition) is 2. The number of aliphatic hydroxyl groups is 1. The molecule has 2 aromatic carbocycles. The number of para-hydroxylation sites is 2. The molecule has 0 bridgehead atoms. The van der Waals surface area contributed by atoms with Gasteiger partial charge in [0.1, 0.15) is 11.8 Å². The van der Waals surface area contributed by atoms with Gasteiger partial charge in [-0.3, -0.25) is 9.78 Å². The van der Waals surface area contributed by atoms with Crippen LogP contribution in [0.2, 0.25) is 0 Å². The predicted octanol–water partition coefficient (Wildman–Crippen LogP) is 4.43. The van der Waals surface area contributed by atoms with Crippen molar-refractivity contribution >= 4 is 22.9 Å². The van der Waals surface area contributed by atoms with Gasteiger partial charge in [-0.25, -0.2) is 14.2 Å². The van der Waals surface area contributed by atoms with Crippen molar-refractivity contribution in [1.82, 2.24) is 15.3 Å². The van der Waals surface area contributed by atoms with E-state index in [1.807, 2.05) is 36.4 Å². The van der Waals surface area contributed by atoms with Gasteiger partial charge in [0.15, 0.2) is 5.69 Å². The number of benzene rings is 2. The number of nitrogens with one attached hydrogen (secondary N) is 1. The number of rotatable bonds is 12. The van der Waals surface area contributed by atoms with E-state index in [4.69, 9.17) is 4.74 Å². The average Bonchev–Trinajstić information content (AvgIpc) is 2.85. The van der Waals surface area contributed by atoms with Crippen LogP contribution >= 0.6 is 0 Å². The number of fused-ring (bicyclic) bond motifs is 1. The first-order valence-electron chi connectivity index (χ1n) is 12.3. The predicted molar refractivity (Wildman–Crippen MR) is 136 cm³/mol. The second-order valence-corrected chi connectivity index (χ2v) is 9.53. The van der Waals surface area contributed by atoms with E-state index in [9.17, 15) is 19.1 Å². The molecule has 3 atom stereocenters. The van der Waals surface area contributed by atoms with Crippen LogP contribution in [0.4, 0.5) is 4.39 Å². The van der Waals surface area contributed by atoms with Crippen molar-refractivity contribution in [3.63, 3.8) is 0 Å². The Morgan fingerprint density at radius 1 is 1.08 bits per heavy atom. The van der Waals surface area contributed by atoms with Crippen LogP contribution in [-0.2, 0) is 16.0 Å². The van der Waals surface area contributed by atoms with Crippen molar-refractivity contribution in [3.05, 3.63) is 72.1 Å². The van der Waals surface area contributed by atoms with Crippen LogP contribution in [0, 0.1) is 5.92 Å². The monoisotopic (exact) mass is 495 g/mol. The first-order chi connectivity index (χ1) is 17.2. The molecular formula is C28H34FN3O4. The number of hydrogen-bond acceptors (Lipinski definition) is 6. The highest BCUT2D eigenvalue weighted by Gasteiger charge is 2.31. The van der Waals surface area contributed by atoms with Gasteiger partial charge in [0.2, 0.25) is 5.91 Å². The van der Waals surface area contributed by atoms with Gasteiger partial charge in [-0.2, -0.15) is 0 Å². The largest absolute Gasteiger partial charge is 0.454 e. The van der Waals surface area contributed by atoms with Crippen molar-refractivity contribution in [3.8, 4) is 0 Å². The van der Waals surface area contributed by atoms with E-state index in [1.54, 1.807) is 25.1 Å². The molecule has 8 heteroatoms. The number of aromatic nitrogens is 2. The van der Waals surface area contributed by atoms with Crippen molar-refractivity contribution in [2.75, 3.05) is 6.54 Å². The minimum Gasteiger partial charge on any atom is -0.454 e. The summed E-state index contributed by atoms with van der Waals surface area (Å²) in [4.78, 5) is 34.3. The molecule has 7 nitrogen and oxygen atoms in total. The lowest BCUT2D eigenvalue weighted by Gasteiger charge is -2.27. The van der Waals surface area contributed by atoms with Crippen LogP contribution in [-0.4, -0.2) is 51.4 Å². The number of carbonyl (C=O) groups excluding carboxylic acids is 2. The quantitative estimate of drug-likeness (QED) is 0.361. The zero-order chi connectivity index (χ0) is 26.1. The Hall–Kier alpha value is -3.39. The summed E-state index contributed by atoms with van der Waals surface area (Å²) < 4.78 is 19.9. The number of carbonyl (C=O) groups is 2. The minimum absolute atomic E-state index is 0.0239. The maximum Gasteiger partial charge on any atom is 0.358 e. The lowest BCUT2D eigenvalue weighted by Crippen LogP contribution is -2.39. The van der Waals surface area contributed by atoms with E-state index in [2.05, 4.69) is 15.3 Å². The highest BCUT2D eigenvalue weighted by Crippen LogP contribution is 2.25. The van der Waals surface area contributed by atoms with Gasteiger partial charge in [0, 0.05) is 18.9 Å². The highest BCUT2D eigenvalue weighted by molar-refractivity contribution is 5.89. The van der Waals surface area contributed by atoms with Gasteiger partial charge in [-0.15, -0.1) is 0 Å². The summed E-state index contributed by atoms with van der Waals surface area (Å²) in [7, 11) is 0. The summed E-state index contributed by atoms with van der Waals surface area (Å²) in [6, 6.07) is 16.5. The van der Waals surface area contributed by atoms with E-state index in [-0.39, 0.29) is 37.3 Å². The molecule has 0 radical (unpaired) electrons. The number of amides is 1. The molecule has 0 unspecified atom stereocenters. The molecule has 0 saturated heterocycles. The maximum atomic E-state index is 14.2. The normalized spacial score (nSPS) is 14.1. The number of alkyl halides is 1. The van der Waals surface area contributed by atoms with E-state index in [0.717, 1.165) is 5.56 Å². The molecule has 0 saturated carbocycles. The molecule has 0 aliphatic heterocycles. The van der Waals surface area contributed by atoms with Gasteiger partial charge < -0.3 is 15.2 Å². The van der Waals surface area contributed by atoms with Crippen LogP contribution < -0.4 is 5.32 Å². The molecule has 1 heterocycles. The van der Waals surface area contributed by atoms with Gasteiger partial charge in [-0.05, 0) is 57.7 Å². The fraction of sp³-hybridized carbons (Fsp3) is 0.429. The van der Waals surface area contributed by atoms with Crippen LogP contribution in [0.1, 0.15) is 56.1 Å². The lowest BCUT2D eigenvalue weighted by atomic mass is 9.88. The van der Waals surface area contributed by atoms with Crippen LogP contribution in [0.3, 0.4) is 0 Å². The third kappa shape index (κ3) is 8.09. The Bertz CT molecular complexity index is 1150. The first-order valence-corrected chi connectivity index (χ1v) is 12.3. The average molecular weight is 496 g/mol. The topological polar surface area (TPSA) is 101 Å². The van der Waals surface area contributed by atoms with Gasteiger partial charge in [-0.1, -0.05) is 42.5 Å². The van der Waals surface area contributed by atoms with Crippen molar-refractivity contribution in [1.29, 1.82) is 0 Å². The van der Waals surface area contributed by atoms with E-state index in [1.165, 1.54) is 20.0 Å². The second kappa shape index (κ2) is 12.5. The molecule has 0 aliphatic rings. The summed E-state index contributed by atoms with van der Waals surface area (Å²) in [6.07, 6.45) is -0.0633. The number of aliphatic hydroxyl groups excluding tert-OH is 1. The Morgan fingerprint density at radius 3 is 2.42 bits per heavy atom. The molecule has 1 aromatic heterocycles. The smallest absolute Gasteiger partial charge is 0.358 e. The number of nitrogens with zero attached hydrogens (tertiary/aromatic N) is 2. The fourth-order valence-corrected chi connectivity index (χ4v) is 3.99. The second-order valence-electron chi connectivity index (χ2n) is 9.53. The summed E-state index contributed by atoms with van der Waals surface area (Å²) in [5.41, 5.74) is 0.643. The van der Waals surface area contributed by atoms with Crippen LogP contribution in [0.25, 0.3) is 11.0 Å². The lowest BCUT2D eigenvalue weighted by molar-refractivity contribution is -0.127. The minimum atomic E-state index is -1.44. The summed E-state index contributed by atoms with van der Waals surface area (Å²) in [5.74, 6) is -1.61. The van der Waals surface area contributed by atoms with Gasteiger partial charge in [0.05, 0.1) is 23.3 Å². The maximum absolute atomic E-state index is 14.2. The summed E-state index contributed by atoms with van der Waals surface area (Å²) >= 11 is 0. The van der Waals surface area contributed by atoms with E-state index in [0.29, 0.717) is 17.6 Å². The van der Waals surface area contributed by atoms with Gasteiger partial charge in [0.25, 0.3) is 0 Å². The Morgan fingerprint density at radius 2 is 1.75 bits per heavy atom. The molecule has 1 amide bonds. The van der Waals surface area contributed by atoms with Crippen molar-refractivity contribution in [2.24, 2.45) is 5.92 Å². The summed E-state index contributed by atoms with van der Waals surface area (Å²) in [5, 5.41) is 13.9. The third-order valence-corrected chi connectivity index (χ3v) is 5.96. The number of ether oxygens (including phenoxy) is 1. The molecular weight excluding hydrogens is 461 g/mol. The molecule has 36 heavy (non-hydrogen) atoms. The van der Waals surface area contributed by atoms with Crippen molar-refractivity contribution < 1.29 is 23.8 Å². The SMILES string of the molecule is CCNC(=O)[C@H](CCC(C)(C)F)C[C@H](O)[C@H](Cc1ccccc1)OC(=O)c1cnc2ccccc2n1. The molecule has 0 aliphatic carbocycles. The Labute approximate surface area is 211 Å². The zero-order valence-electron chi connectivity index (χ0n) is 21.0. The van der Waals surface area contributed by atoms with Gasteiger partial charge >= 0.3 is 5.97 Å². The number of esters is 1. The van der Waals surface area contributed by atoms with Crippen molar-refractivity contribution in [2.45, 2.75) is 64.3 Å². The number of halogens is 1. The molecule has 2 N–H and O–H groups in total. The van der Waals surface area contributed by atoms with E-state index >= 15 is 0 Å². The molecule has 0 fully saturated rings. The van der Waals surface area contributed by atoms with Crippen LogP contribution in [0.15, 0.2) is 60.8 Å². The first kappa shape index (κ1) is 27.2. The zero-order valence-corrected chi connectivity index (χ0v) is 21.0. The highest BCUT2D eigenvalue weighted by atomic mass is 19.1.